The normalized spacial score (nSPS) is 16.0. The quantitative estimate of drug-likeness (QED) is 0.622. The molecule has 1 aliphatic heterocycles. The standard InChI is InChI=1S/C9H13NO2/c1-6(2)12-9-4-8(5-10-9)7(3)11/h4,6H,5H2,1-3H3. The van der Waals surface area contributed by atoms with Gasteiger partial charge in [-0.2, -0.15) is 0 Å². The van der Waals surface area contributed by atoms with Crippen molar-refractivity contribution in [2.24, 2.45) is 4.99 Å². The maximum Gasteiger partial charge on any atom is 0.209 e. The van der Waals surface area contributed by atoms with Crippen LogP contribution in [0.3, 0.4) is 0 Å². The van der Waals surface area contributed by atoms with Gasteiger partial charge in [0.25, 0.3) is 0 Å². The first-order valence-corrected chi connectivity index (χ1v) is 4.02. The van der Waals surface area contributed by atoms with Crippen molar-refractivity contribution in [2.45, 2.75) is 26.9 Å². The molecule has 0 bridgehead atoms. The van der Waals surface area contributed by atoms with Crippen LogP contribution in [0.4, 0.5) is 0 Å². The molecule has 0 saturated carbocycles. The van der Waals surface area contributed by atoms with E-state index in [4.69, 9.17) is 4.74 Å². The zero-order valence-corrected chi connectivity index (χ0v) is 7.63. The monoisotopic (exact) mass is 167 g/mol. The number of aliphatic imine (C=N–C) groups is 1. The summed E-state index contributed by atoms with van der Waals surface area (Å²) in [7, 11) is 0. The second-order valence-corrected chi connectivity index (χ2v) is 3.05. The SMILES string of the molecule is CC(=O)C1=CC(OC(C)C)=NC1. The maximum absolute atomic E-state index is 10.9. The molecule has 66 valence electrons. The van der Waals surface area contributed by atoms with Crippen LogP contribution >= 0.6 is 0 Å². The Labute approximate surface area is 72.1 Å². The molecule has 0 aliphatic carbocycles. The van der Waals surface area contributed by atoms with Gasteiger partial charge in [0.15, 0.2) is 5.78 Å². The number of Topliss-reactive ketones (excluding diaryl/α,β-unsaturated/α-hetero) is 1. The highest BCUT2D eigenvalue weighted by Crippen LogP contribution is 2.08. The van der Waals surface area contributed by atoms with Crippen LogP contribution in [0.5, 0.6) is 0 Å². The molecule has 0 spiro atoms. The van der Waals surface area contributed by atoms with E-state index in [9.17, 15) is 4.79 Å². The van der Waals surface area contributed by atoms with Crippen molar-refractivity contribution < 1.29 is 9.53 Å². The van der Waals surface area contributed by atoms with Gasteiger partial charge in [-0.15, -0.1) is 0 Å². The summed E-state index contributed by atoms with van der Waals surface area (Å²) in [4.78, 5) is 14.9. The summed E-state index contributed by atoms with van der Waals surface area (Å²) in [6.07, 6.45) is 1.83. The number of rotatable bonds is 2. The highest BCUT2D eigenvalue weighted by Gasteiger charge is 2.13. The van der Waals surface area contributed by atoms with Crippen LogP contribution in [-0.4, -0.2) is 24.3 Å². The third-order valence-electron chi connectivity index (χ3n) is 1.51. The number of nitrogens with zero attached hydrogens (tertiary/aromatic N) is 1. The highest BCUT2D eigenvalue weighted by atomic mass is 16.5. The smallest absolute Gasteiger partial charge is 0.209 e. The van der Waals surface area contributed by atoms with Gasteiger partial charge in [-0.25, -0.2) is 4.99 Å². The van der Waals surface area contributed by atoms with E-state index in [1.165, 1.54) is 0 Å². The lowest BCUT2D eigenvalue weighted by Gasteiger charge is -2.05. The fourth-order valence-electron chi connectivity index (χ4n) is 0.929. The van der Waals surface area contributed by atoms with Crippen LogP contribution < -0.4 is 0 Å². The van der Waals surface area contributed by atoms with E-state index in [0.717, 1.165) is 5.57 Å². The molecule has 1 aliphatic rings. The van der Waals surface area contributed by atoms with Gasteiger partial charge < -0.3 is 4.74 Å². The van der Waals surface area contributed by atoms with Gasteiger partial charge in [-0.05, 0) is 20.8 Å². The van der Waals surface area contributed by atoms with Crippen LogP contribution in [0, 0.1) is 0 Å². The molecule has 0 aromatic heterocycles. The molecular weight excluding hydrogens is 154 g/mol. The summed E-state index contributed by atoms with van der Waals surface area (Å²) in [5, 5.41) is 0. The van der Waals surface area contributed by atoms with Crippen molar-refractivity contribution >= 4 is 11.7 Å². The van der Waals surface area contributed by atoms with E-state index in [1.54, 1.807) is 13.0 Å². The van der Waals surface area contributed by atoms with Gasteiger partial charge in [0, 0.05) is 11.6 Å². The summed E-state index contributed by atoms with van der Waals surface area (Å²) in [6.45, 7) is 5.88. The Morgan fingerprint density at radius 3 is 2.75 bits per heavy atom. The Balaban J connectivity index is 2.56. The van der Waals surface area contributed by atoms with Crippen LogP contribution in [0.2, 0.25) is 0 Å². The third kappa shape index (κ3) is 2.19. The Bertz CT molecular complexity index is 251. The molecule has 0 N–H and O–H groups in total. The van der Waals surface area contributed by atoms with E-state index in [2.05, 4.69) is 4.99 Å². The van der Waals surface area contributed by atoms with E-state index < -0.39 is 0 Å². The second-order valence-electron chi connectivity index (χ2n) is 3.05. The van der Waals surface area contributed by atoms with Crippen LogP contribution in [0.25, 0.3) is 0 Å². The van der Waals surface area contributed by atoms with Gasteiger partial charge in [0.1, 0.15) is 0 Å². The third-order valence-corrected chi connectivity index (χ3v) is 1.51. The van der Waals surface area contributed by atoms with Gasteiger partial charge in [0.05, 0.1) is 12.6 Å². The number of hydrogen-bond acceptors (Lipinski definition) is 3. The molecule has 0 unspecified atom stereocenters. The van der Waals surface area contributed by atoms with Crippen LogP contribution in [0.15, 0.2) is 16.6 Å². The topological polar surface area (TPSA) is 38.7 Å². The fourth-order valence-corrected chi connectivity index (χ4v) is 0.929. The minimum atomic E-state index is 0.0705. The predicted molar refractivity (Wildman–Crippen MR) is 47.3 cm³/mol. The summed E-state index contributed by atoms with van der Waals surface area (Å²) in [5.41, 5.74) is 0.727. The number of carbonyl (C=O) groups is 1. The molecule has 0 atom stereocenters. The Kier molecular flexibility index (Phi) is 2.63. The van der Waals surface area contributed by atoms with Gasteiger partial charge in [0.2, 0.25) is 5.90 Å². The maximum atomic E-state index is 10.9. The first-order valence-electron chi connectivity index (χ1n) is 4.02. The average molecular weight is 167 g/mol. The molecule has 0 aromatic carbocycles. The van der Waals surface area contributed by atoms with Crippen LogP contribution in [-0.2, 0) is 9.53 Å². The summed E-state index contributed by atoms with van der Waals surface area (Å²) < 4.78 is 5.31. The fraction of sp³-hybridized carbons (Fsp3) is 0.556. The lowest BCUT2D eigenvalue weighted by atomic mass is 10.2. The minimum Gasteiger partial charge on any atom is -0.475 e. The summed E-state index contributed by atoms with van der Waals surface area (Å²) in [6, 6.07) is 0. The number of ether oxygens (including phenoxy) is 1. The van der Waals surface area contributed by atoms with E-state index in [-0.39, 0.29) is 11.9 Å². The zero-order chi connectivity index (χ0) is 9.14. The number of carbonyl (C=O) groups excluding carboxylic acids is 1. The van der Waals surface area contributed by atoms with Crippen molar-refractivity contribution in [3.63, 3.8) is 0 Å². The van der Waals surface area contributed by atoms with Crippen molar-refractivity contribution in [1.29, 1.82) is 0 Å². The van der Waals surface area contributed by atoms with Crippen molar-refractivity contribution in [2.75, 3.05) is 6.54 Å². The number of ketones is 1. The Morgan fingerprint density at radius 1 is 1.67 bits per heavy atom. The summed E-state index contributed by atoms with van der Waals surface area (Å²) in [5.74, 6) is 0.649. The van der Waals surface area contributed by atoms with Crippen molar-refractivity contribution in [3.05, 3.63) is 11.6 Å². The lowest BCUT2D eigenvalue weighted by molar-refractivity contribution is -0.113. The number of hydrogen-bond donors (Lipinski definition) is 0. The molecule has 3 heteroatoms. The zero-order valence-electron chi connectivity index (χ0n) is 7.63. The lowest BCUT2D eigenvalue weighted by Crippen LogP contribution is -2.07. The predicted octanol–water partition coefficient (Wildman–Crippen LogP) is 1.34. The van der Waals surface area contributed by atoms with Crippen molar-refractivity contribution in [3.8, 4) is 0 Å². The molecule has 0 saturated heterocycles. The largest absolute Gasteiger partial charge is 0.475 e. The summed E-state index contributed by atoms with van der Waals surface area (Å²) >= 11 is 0. The molecule has 12 heavy (non-hydrogen) atoms. The first-order chi connectivity index (χ1) is 5.59. The van der Waals surface area contributed by atoms with Crippen LogP contribution in [0.1, 0.15) is 20.8 Å². The molecule has 0 aromatic rings. The first kappa shape index (κ1) is 8.97. The molecule has 0 fully saturated rings. The van der Waals surface area contributed by atoms with E-state index >= 15 is 0 Å². The van der Waals surface area contributed by atoms with E-state index in [0.29, 0.717) is 12.4 Å². The molecule has 3 nitrogen and oxygen atoms in total. The van der Waals surface area contributed by atoms with E-state index in [1.807, 2.05) is 13.8 Å². The minimum absolute atomic E-state index is 0.0705. The molecule has 0 radical (unpaired) electrons. The second kappa shape index (κ2) is 3.52. The van der Waals surface area contributed by atoms with Gasteiger partial charge >= 0.3 is 0 Å². The van der Waals surface area contributed by atoms with Gasteiger partial charge in [-0.1, -0.05) is 0 Å². The molecule has 0 amide bonds. The van der Waals surface area contributed by atoms with Gasteiger partial charge in [-0.3, -0.25) is 4.79 Å². The highest BCUT2D eigenvalue weighted by molar-refractivity contribution is 6.04. The Morgan fingerprint density at radius 2 is 2.33 bits per heavy atom. The molecule has 1 heterocycles. The molecule has 1 rings (SSSR count). The molecular formula is C9H13NO2. The Hall–Kier alpha value is -1.12. The average Bonchev–Trinajstić information content (AvgIpc) is 2.34. The van der Waals surface area contributed by atoms with Crippen molar-refractivity contribution in [1.82, 2.24) is 0 Å².